The van der Waals surface area contributed by atoms with Crippen molar-refractivity contribution in [3.8, 4) is 11.4 Å². The predicted octanol–water partition coefficient (Wildman–Crippen LogP) is 3.89. The third-order valence-corrected chi connectivity index (χ3v) is 5.77. The van der Waals surface area contributed by atoms with Crippen LogP contribution in [0.25, 0.3) is 16.6 Å². The number of ether oxygens (including phenoxy) is 1. The highest BCUT2D eigenvalue weighted by Crippen LogP contribution is 2.29. The molecule has 0 bridgehead atoms. The lowest BCUT2D eigenvalue weighted by molar-refractivity contribution is 0.0388. The van der Waals surface area contributed by atoms with E-state index in [1.807, 2.05) is 59.5 Å². The van der Waals surface area contributed by atoms with Gasteiger partial charge in [0.15, 0.2) is 0 Å². The first-order valence-electron chi connectivity index (χ1n) is 10.5. The molecule has 5 rings (SSSR count). The van der Waals surface area contributed by atoms with Gasteiger partial charge in [-0.25, -0.2) is 0 Å². The van der Waals surface area contributed by atoms with Gasteiger partial charge < -0.3 is 9.64 Å². The van der Waals surface area contributed by atoms with Crippen LogP contribution >= 0.6 is 0 Å². The van der Waals surface area contributed by atoms with Crippen molar-refractivity contribution < 1.29 is 9.53 Å². The largest absolute Gasteiger partial charge is 0.488 e. The minimum atomic E-state index is -0.0825. The van der Waals surface area contributed by atoms with Gasteiger partial charge in [0.25, 0.3) is 5.91 Å². The van der Waals surface area contributed by atoms with Gasteiger partial charge in [0.05, 0.1) is 35.7 Å². The van der Waals surface area contributed by atoms with E-state index >= 15 is 0 Å². The van der Waals surface area contributed by atoms with Crippen molar-refractivity contribution in [3.63, 3.8) is 0 Å². The number of para-hydroxylation sites is 2. The van der Waals surface area contributed by atoms with Crippen molar-refractivity contribution in [1.82, 2.24) is 24.9 Å². The van der Waals surface area contributed by atoms with Crippen LogP contribution in [0, 0.1) is 0 Å². The van der Waals surface area contributed by atoms with Crippen molar-refractivity contribution in [3.05, 3.63) is 78.8 Å². The van der Waals surface area contributed by atoms with E-state index in [0.29, 0.717) is 17.8 Å². The molecule has 2 atom stereocenters. The smallest absolute Gasteiger partial charge is 0.256 e. The molecule has 7 nitrogen and oxygen atoms in total. The molecule has 1 amide bonds. The molecule has 1 saturated heterocycles. The number of carbonyl (C=O) groups excluding carboxylic acids is 1. The molecule has 4 aromatic rings. The number of aromatic nitrogens is 4. The molecule has 0 aliphatic carbocycles. The zero-order valence-corrected chi connectivity index (χ0v) is 17.3. The molecule has 0 spiro atoms. The molecule has 3 heterocycles. The number of rotatable bonds is 4. The molecule has 2 aromatic heterocycles. The van der Waals surface area contributed by atoms with E-state index in [0.717, 1.165) is 29.5 Å². The van der Waals surface area contributed by atoms with E-state index in [-0.39, 0.29) is 18.1 Å². The van der Waals surface area contributed by atoms with Gasteiger partial charge in [-0.3, -0.25) is 9.78 Å². The number of fused-ring (bicyclic) bond motifs is 1. The van der Waals surface area contributed by atoms with Gasteiger partial charge in [-0.2, -0.15) is 15.0 Å². The van der Waals surface area contributed by atoms with E-state index in [4.69, 9.17) is 4.74 Å². The van der Waals surface area contributed by atoms with Crippen molar-refractivity contribution >= 4 is 16.8 Å². The fourth-order valence-corrected chi connectivity index (χ4v) is 4.13. The summed E-state index contributed by atoms with van der Waals surface area (Å²) in [6, 6.07) is 17.4. The number of piperidine rings is 1. The molecule has 0 unspecified atom stereocenters. The highest BCUT2D eigenvalue weighted by atomic mass is 16.5. The molecular weight excluding hydrogens is 390 g/mol. The molecule has 0 radical (unpaired) electrons. The predicted molar refractivity (Wildman–Crippen MR) is 117 cm³/mol. The fourth-order valence-electron chi connectivity index (χ4n) is 4.13. The molecular formula is C24H23N5O2. The molecule has 0 saturated carbocycles. The van der Waals surface area contributed by atoms with Crippen molar-refractivity contribution in [2.24, 2.45) is 0 Å². The van der Waals surface area contributed by atoms with E-state index in [9.17, 15) is 4.79 Å². The molecule has 1 aliphatic heterocycles. The lowest BCUT2D eigenvalue weighted by Crippen LogP contribution is -2.49. The Morgan fingerprint density at radius 2 is 1.74 bits per heavy atom. The second-order valence-corrected chi connectivity index (χ2v) is 7.79. The molecule has 1 fully saturated rings. The summed E-state index contributed by atoms with van der Waals surface area (Å²) in [5, 5.41) is 9.38. The summed E-state index contributed by atoms with van der Waals surface area (Å²) in [4.78, 5) is 21.3. The zero-order chi connectivity index (χ0) is 21.2. The van der Waals surface area contributed by atoms with Crippen LogP contribution in [0.5, 0.6) is 5.75 Å². The molecule has 0 N–H and O–H groups in total. The molecule has 1 aliphatic rings. The van der Waals surface area contributed by atoms with Crippen LogP contribution in [0.4, 0.5) is 0 Å². The summed E-state index contributed by atoms with van der Waals surface area (Å²) in [6.45, 7) is 2.61. The van der Waals surface area contributed by atoms with E-state index in [2.05, 4.69) is 22.1 Å². The number of pyridine rings is 1. The number of nitrogens with zero attached hydrogens (tertiary/aromatic N) is 5. The topological polar surface area (TPSA) is 73.1 Å². The monoisotopic (exact) mass is 413 g/mol. The standard InChI is InChI=1S/C24H23N5O2/c1-17-10-11-18(31-23-12-13-25-21-8-4-2-6-19(21)23)16-28(17)24(30)20-7-3-5-9-22(20)29-26-14-15-27-29/h2-9,12-15,17-18H,10-11,16H2,1H3/t17-,18-/m0/s1. The summed E-state index contributed by atoms with van der Waals surface area (Å²) in [5.74, 6) is 0.770. The van der Waals surface area contributed by atoms with Crippen LogP contribution < -0.4 is 4.74 Å². The third kappa shape index (κ3) is 3.74. The maximum atomic E-state index is 13.5. The Kier molecular flexibility index (Phi) is 5.08. The first-order chi connectivity index (χ1) is 15.2. The summed E-state index contributed by atoms with van der Waals surface area (Å²) in [5.41, 5.74) is 2.16. The molecule has 7 heteroatoms. The van der Waals surface area contributed by atoms with Crippen molar-refractivity contribution in [1.29, 1.82) is 0 Å². The van der Waals surface area contributed by atoms with Crippen LogP contribution in [-0.2, 0) is 0 Å². The van der Waals surface area contributed by atoms with Gasteiger partial charge in [0, 0.05) is 17.6 Å². The van der Waals surface area contributed by atoms with Gasteiger partial charge >= 0.3 is 0 Å². The minimum Gasteiger partial charge on any atom is -0.488 e. The Bertz CT molecular complexity index is 1200. The summed E-state index contributed by atoms with van der Waals surface area (Å²) < 4.78 is 6.37. The van der Waals surface area contributed by atoms with E-state index in [1.54, 1.807) is 18.6 Å². The number of amides is 1. The Morgan fingerprint density at radius 3 is 2.61 bits per heavy atom. The first kappa shape index (κ1) is 19.2. The normalized spacial score (nSPS) is 18.8. The number of hydrogen-bond donors (Lipinski definition) is 0. The Labute approximate surface area is 180 Å². The number of likely N-dealkylation sites (tertiary alicyclic amines) is 1. The first-order valence-corrected chi connectivity index (χ1v) is 10.5. The number of hydrogen-bond acceptors (Lipinski definition) is 5. The highest BCUT2D eigenvalue weighted by molar-refractivity contribution is 5.98. The SMILES string of the molecule is C[C@H]1CC[C@H](Oc2ccnc3ccccc23)CN1C(=O)c1ccccc1-n1nccn1. The second kappa shape index (κ2) is 8.18. The van der Waals surface area contributed by atoms with E-state index in [1.165, 1.54) is 4.80 Å². The van der Waals surface area contributed by atoms with Gasteiger partial charge in [0.2, 0.25) is 0 Å². The Morgan fingerprint density at radius 1 is 0.968 bits per heavy atom. The molecule has 156 valence electrons. The van der Waals surface area contributed by atoms with Crippen LogP contribution in [-0.4, -0.2) is 49.5 Å². The van der Waals surface area contributed by atoms with E-state index < -0.39 is 0 Å². The van der Waals surface area contributed by atoms with Crippen molar-refractivity contribution in [2.45, 2.75) is 31.9 Å². The van der Waals surface area contributed by atoms with Crippen LogP contribution in [0.2, 0.25) is 0 Å². The lowest BCUT2D eigenvalue weighted by Gasteiger charge is -2.38. The van der Waals surface area contributed by atoms with Gasteiger partial charge in [-0.15, -0.1) is 0 Å². The average molecular weight is 413 g/mol. The van der Waals surface area contributed by atoms with Crippen LogP contribution in [0.15, 0.2) is 73.2 Å². The van der Waals surface area contributed by atoms with Crippen LogP contribution in [0.3, 0.4) is 0 Å². The Balaban J connectivity index is 1.40. The quantitative estimate of drug-likeness (QED) is 0.508. The number of carbonyl (C=O) groups is 1. The Hall–Kier alpha value is -3.74. The maximum Gasteiger partial charge on any atom is 0.256 e. The third-order valence-electron chi connectivity index (χ3n) is 5.77. The fraction of sp³-hybridized carbons (Fsp3) is 0.250. The zero-order valence-electron chi connectivity index (χ0n) is 17.3. The van der Waals surface area contributed by atoms with Gasteiger partial charge in [-0.05, 0) is 50.1 Å². The average Bonchev–Trinajstić information content (AvgIpc) is 3.35. The number of benzene rings is 2. The summed E-state index contributed by atoms with van der Waals surface area (Å²) in [6.07, 6.45) is 6.66. The van der Waals surface area contributed by atoms with Gasteiger partial charge in [0.1, 0.15) is 11.9 Å². The summed E-state index contributed by atoms with van der Waals surface area (Å²) >= 11 is 0. The minimum absolute atomic E-state index is 0.0340. The molecule has 31 heavy (non-hydrogen) atoms. The van der Waals surface area contributed by atoms with Crippen LogP contribution in [0.1, 0.15) is 30.1 Å². The molecule has 2 aromatic carbocycles. The maximum absolute atomic E-state index is 13.5. The lowest BCUT2D eigenvalue weighted by atomic mass is 9.99. The van der Waals surface area contributed by atoms with Gasteiger partial charge in [-0.1, -0.05) is 24.3 Å². The summed E-state index contributed by atoms with van der Waals surface area (Å²) in [7, 11) is 0. The second-order valence-electron chi connectivity index (χ2n) is 7.79. The van der Waals surface area contributed by atoms with Crippen molar-refractivity contribution in [2.75, 3.05) is 6.54 Å². The highest BCUT2D eigenvalue weighted by Gasteiger charge is 2.32.